The van der Waals surface area contributed by atoms with Gasteiger partial charge in [-0.05, 0) is 36.2 Å². The first-order valence-corrected chi connectivity index (χ1v) is 6.92. The van der Waals surface area contributed by atoms with Gasteiger partial charge in [-0.25, -0.2) is 0 Å². The lowest BCUT2D eigenvalue weighted by Gasteiger charge is -2.14. The van der Waals surface area contributed by atoms with Crippen molar-refractivity contribution < 1.29 is 0 Å². The first-order valence-electron chi connectivity index (χ1n) is 6.92. The van der Waals surface area contributed by atoms with Crippen LogP contribution in [0.5, 0.6) is 0 Å². The van der Waals surface area contributed by atoms with E-state index in [2.05, 4.69) is 53.1 Å². The van der Waals surface area contributed by atoms with Gasteiger partial charge in [-0.1, -0.05) is 24.3 Å². The minimum atomic E-state index is 0.324. The van der Waals surface area contributed by atoms with Crippen molar-refractivity contribution in [2.45, 2.75) is 12.3 Å². The van der Waals surface area contributed by atoms with Gasteiger partial charge in [-0.15, -0.1) is 0 Å². The minimum absolute atomic E-state index is 0.324. The Morgan fingerprint density at radius 2 is 2.05 bits per heavy atom. The molecule has 2 heterocycles. The molecule has 3 rings (SSSR count). The van der Waals surface area contributed by atoms with Gasteiger partial charge in [0.25, 0.3) is 0 Å². The van der Waals surface area contributed by atoms with Crippen LogP contribution in [0.25, 0.3) is 10.9 Å². The van der Waals surface area contributed by atoms with Crippen molar-refractivity contribution in [2.24, 2.45) is 12.8 Å². The molecule has 20 heavy (non-hydrogen) atoms. The topological polar surface area (TPSA) is 43.8 Å². The van der Waals surface area contributed by atoms with Gasteiger partial charge >= 0.3 is 0 Å². The third-order valence-electron chi connectivity index (χ3n) is 3.86. The van der Waals surface area contributed by atoms with Crippen LogP contribution in [0, 0.1) is 0 Å². The van der Waals surface area contributed by atoms with Crippen LogP contribution < -0.4 is 5.73 Å². The van der Waals surface area contributed by atoms with Gasteiger partial charge in [0.15, 0.2) is 0 Å². The molecule has 2 N–H and O–H groups in total. The molecule has 0 aliphatic rings. The van der Waals surface area contributed by atoms with E-state index in [1.807, 2.05) is 12.3 Å². The van der Waals surface area contributed by atoms with Crippen molar-refractivity contribution in [3.05, 3.63) is 66.1 Å². The second-order valence-electron chi connectivity index (χ2n) is 5.21. The summed E-state index contributed by atoms with van der Waals surface area (Å²) in [4.78, 5) is 4.19. The van der Waals surface area contributed by atoms with E-state index in [-0.39, 0.29) is 0 Å². The number of hydrogen-bond acceptors (Lipinski definition) is 2. The maximum absolute atomic E-state index is 6.02. The summed E-state index contributed by atoms with van der Waals surface area (Å²) in [5.74, 6) is 0.324. The van der Waals surface area contributed by atoms with Gasteiger partial charge in [0, 0.05) is 42.5 Å². The molecule has 3 heteroatoms. The number of pyridine rings is 1. The van der Waals surface area contributed by atoms with E-state index in [0.717, 1.165) is 6.42 Å². The van der Waals surface area contributed by atoms with Crippen LogP contribution in [0.2, 0.25) is 0 Å². The smallest absolute Gasteiger partial charge is 0.0480 e. The summed E-state index contributed by atoms with van der Waals surface area (Å²) in [7, 11) is 2.09. The molecule has 3 nitrogen and oxygen atoms in total. The van der Waals surface area contributed by atoms with Gasteiger partial charge in [-0.2, -0.15) is 0 Å². The number of benzene rings is 1. The Morgan fingerprint density at radius 1 is 1.20 bits per heavy atom. The Hall–Kier alpha value is -2.13. The fourth-order valence-corrected chi connectivity index (χ4v) is 2.82. The van der Waals surface area contributed by atoms with Crippen molar-refractivity contribution in [3.63, 3.8) is 0 Å². The standard InChI is InChI=1S/C17H19N3/c1-20-12-16(15-6-2-3-7-17(15)20)14(10-18)9-13-5-4-8-19-11-13/h2-8,11-12,14H,9-10,18H2,1H3. The zero-order valence-electron chi connectivity index (χ0n) is 11.7. The second-order valence-corrected chi connectivity index (χ2v) is 5.21. The maximum Gasteiger partial charge on any atom is 0.0480 e. The monoisotopic (exact) mass is 265 g/mol. The van der Waals surface area contributed by atoms with Crippen molar-refractivity contribution in [1.82, 2.24) is 9.55 Å². The number of nitrogens with two attached hydrogens (primary N) is 1. The van der Waals surface area contributed by atoms with Crippen LogP contribution in [-0.2, 0) is 13.5 Å². The van der Waals surface area contributed by atoms with Gasteiger partial charge in [0.2, 0.25) is 0 Å². The molecule has 0 aliphatic heterocycles. The average Bonchev–Trinajstić information content (AvgIpc) is 2.84. The van der Waals surface area contributed by atoms with E-state index >= 15 is 0 Å². The summed E-state index contributed by atoms with van der Waals surface area (Å²) < 4.78 is 2.18. The number of nitrogens with zero attached hydrogens (tertiary/aromatic N) is 2. The number of aryl methyl sites for hydroxylation is 1. The van der Waals surface area contributed by atoms with E-state index < -0.39 is 0 Å². The maximum atomic E-state index is 6.02. The van der Waals surface area contributed by atoms with Crippen molar-refractivity contribution in [2.75, 3.05) is 6.54 Å². The van der Waals surface area contributed by atoms with Gasteiger partial charge in [0.05, 0.1) is 0 Å². The molecule has 0 saturated carbocycles. The number of rotatable bonds is 4. The van der Waals surface area contributed by atoms with Crippen LogP contribution in [0.15, 0.2) is 55.0 Å². The minimum Gasteiger partial charge on any atom is -0.350 e. The molecule has 0 aliphatic carbocycles. The molecule has 0 spiro atoms. The van der Waals surface area contributed by atoms with Crippen molar-refractivity contribution in [1.29, 1.82) is 0 Å². The van der Waals surface area contributed by atoms with Crippen molar-refractivity contribution >= 4 is 10.9 Å². The molecule has 0 radical (unpaired) electrons. The van der Waals surface area contributed by atoms with E-state index in [0.29, 0.717) is 12.5 Å². The van der Waals surface area contributed by atoms with Crippen LogP contribution in [0.3, 0.4) is 0 Å². The highest BCUT2D eigenvalue weighted by molar-refractivity contribution is 5.84. The zero-order valence-corrected chi connectivity index (χ0v) is 11.7. The first-order chi connectivity index (χ1) is 9.79. The molecule has 0 fully saturated rings. The lowest BCUT2D eigenvalue weighted by atomic mass is 9.92. The highest BCUT2D eigenvalue weighted by Gasteiger charge is 2.16. The first kappa shape index (κ1) is 12.9. The molecule has 0 bridgehead atoms. The summed E-state index contributed by atoms with van der Waals surface area (Å²) in [6, 6.07) is 12.6. The highest BCUT2D eigenvalue weighted by Crippen LogP contribution is 2.28. The van der Waals surface area contributed by atoms with Crippen LogP contribution in [0.1, 0.15) is 17.0 Å². The Balaban J connectivity index is 1.99. The fourth-order valence-electron chi connectivity index (χ4n) is 2.82. The summed E-state index contributed by atoms with van der Waals surface area (Å²) >= 11 is 0. The summed E-state index contributed by atoms with van der Waals surface area (Å²) in [5, 5.41) is 1.30. The molecule has 1 unspecified atom stereocenters. The van der Waals surface area contributed by atoms with Crippen LogP contribution in [0.4, 0.5) is 0 Å². The molecule has 0 saturated heterocycles. The third kappa shape index (κ3) is 2.32. The molecule has 2 aromatic heterocycles. The molecule has 0 amide bonds. The summed E-state index contributed by atoms with van der Waals surface area (Å²) in [6.45, 7) is 0.642. The summed E-state index contributed by atoms with van der Waals surface area (Å²) in [5.41, 5.74) is 9.84. The normalized spacial score (nSPS) is 12.7. The molecule has 1 aromatic carbocycles. The third-order valence-corrected chi connectivity index (χ3v) is 3.86. The second kappa shape index (κ2) is 5.47. The van der Waals surface area contributed by atoms with Gasteiger partial charge < -0.3 is 10.3 Å². The average molecular weight is 265 g/mol. The Labute approximate surface area is 119 Å². The molecule has 3 aromatic rings. The SMILES string of the molecule is Cn1cc(C(CN)Cc2cccnc2)c2ccccc21. The predicted octanol–water partition coefficient (Wildman–Crippen LogP) is 2.86. The quantitative estimate of drug-likeness (QED) is 0.788. The summed E-state index contributed by atoms with van der Waals surface area (Å²) in [6.07, 6.45) is 6.86. The largest absolute Gasteiger partial charge is 0.350 e. The number of aromatic nitrogens is 2. The Morgan fingerprint density at radius 3 is 2.80 bits per heavy atom. The lowest BCUT2D eigenvalue weighted by molar-refractivity contribution is 0.694. The Kier molecular flexibility index (Phi) is 3.52. The van der Waals surface area contributed by atoms with E-state index in [1.165, 1.54) is 22.0 Å². The predicted molar refractivity (Wildman–Crippen MR) is 82.7 cm³/mol. The number of hydrogen-bond donors (Lipinski definition) is 1. The molecule has 102 valence electrons. The van der Waals surface area contributed by atoms with E-state index in [9.17, 15) is 0 Å². The van der Waals surface area contributed by atoms with Crippen molar-refractivity contribution in [3.8, 4) is 0 Å². The van der Waals surface area contributed by atoms with Crippen LogP contribution >= 0.6 is 0 Å². The van der Waals surface area contributed by atoms with E-state index in [1.54, 1.807) is 6.20 Å². The Bertz CT molecular complexity index is 701. The molecular weight excluding hydrogens is 246 g/mol. The molecule has 1 atom stereocenters. The van der Waals surface area contributed by atoms with E-state index in [4.69, 9.17) is 5.73 Å². The van der Waals surface area contributed by atoms with Gasteiger partial charge in [0.1, 0.15) is 0 Å². The van der Waals surface area contributed by atoms with Gasteiger partial charge in [-0.3, -0.25) is 4.98 Å². The zero-order chi connectivity index (χ0) is 13.9. The number of fused-ring (bicyclic) bond motifs is 1. The highest BCUT2D eigenvalue weighted by atomic mass is 14.9. The number of para-hydroxylation sites is 1. The lowest BCUT2D eigenvalue weighted by Crippen LogP contribution is -2.15. The fraction of sp³-hybridized carbons (Fsp3) is 0.235. The van der Waals surface area contributed by atoms with Crippen LogP contribution in [-0.4, -0.2) is 16.1 Å². The molecular formula is C17H19N3.